The number of sulfone groups is 1. The van der Waals surface area contributed by atoms with Crippen LogP contribution in [0.2, 0.25) is 0 Å². The van der Waals surface area contributed by atoms with Gasteiger partial charge < -0.3 is 10.2 Å². The number of sulfonamides is 1. The molecule has 8 nitrogen and oxygen atoms in total. The van der Waals surface area contributed by atoms with Crippen LogP contribution in [0, 0.1) is 5.82 Å². The van der Waals surface area contributed by atoms with Crippen molar-refractivity contribution in [2.45, 2.75) is 15.9 Å². The molecule has 0 radical (unpaired) electrons. The third-order valence-electron chi connectivity index (χ3n) is 2.37. The van der Waals surface area contributed by atoms with Crippen molar-refractivity contribution in [2.24, 2.45) is 0 Å². The highest BCUT2D eigenvalue weighted by Crippen LogP contribution is 2.19. The molecule has 0 saturated heterocycles. The molecule has 0 aliphatic heterocycles. The van der Waals surface area contributed by atoms with Gasteiger partial charge >= 0.3 is 5.97 Å². The van der Waals surface area contributed by atoms with Crippen LogP contribution in [0.15, 0.2) is 28.0 Å². The van der Waals surface area contributed by atoms with Gasteiger partial charge in [-0.2, -0.15) is 0 Å². The molecule has 0 heterocycles. The Morgan fingerprint density at radius 3 is 2.38 bits per heavy atom. The first-order valence-corrected chi connectivity index (χ1v) is 8.73. The van der Waals surface area contributed by atoms with E-state index in [0.29, 0.717) is 12.1 Å². The molecule has 1 atom stereocenters. The number of carbonyl (C=O) groups is 1. The van der Waals surface area contributed by atoms with Gasteiger partial charge in [-0.05, 0) is 18.2 Å². The molecular formula is C10H12FNO7S2. The van der Waals surface area contributed by atoms with Crippen molar-refractivity contribution in [1.82, 2.24) is 4.72 Å². The molecule has 0 amide bonds. The van der Waals surface area contributed by atoms with Crippen molar-refractivity contribution in [3.05, 3.63) is 24.0 Å². The highest BCUT2D eigenvalue weighted by molar-refractivity contribution is 7.91. The minimum atomic E-state index is -4.52. The Balaban J connectivity index is 3.17. The summed E-state index contributed by atoms with van der Waals surface area (Å²) < 4.78 is 61.5. The predicted molar refractivity (Wildman–Crippen MR) is 68.3 cm³/mol. The molecule has 0 fully saturated rings. The van der Waals surface area contributed by atoms with Crippen LogP contribution in [0.4, 0.5) is 4.39 Å². The van der Waals surface area contributed by atoms with Crippen LogP contribution in [-0.4, -0.2) is 51.9 Å². The molecule has 0 spiro atoms. The molecule has 0 aromatic heterocycles. The molecular weight excluding hydrogens is 329 g/mol. The Hall–Kier alpha value is -1.56. The van der Waals surface area contributed by atoms with E-state index in [-0.39, 0.29) is 0 Å². The van der Waals surface area contributed by atoms with Crippen LogP contribution in [0.25, 0.3) is 0 Å². The SMILES string of the molecule is CS(=O)(=O)c1ccc(F)c(S(=O)(=O)NC[C@H](O)C(=O)O)c1. The molecule has 0 saturated carbocycles. The normalized spacial score (nSPS) is 13.9. The number of halogens is 1. The number of aliphatic carboxylic acids is 1. The molecule has 21 heavy (non-hydrogen) atoms. The maximum Gasteiger partial charge on any atom is 0.333 e. The number of rotatable bonds is 6. The quantitative estimate of drug-likeness (QED) is 0.561. The van der Waals surface area contributed by atoms with Gasteiger partial charge in [-0.25, -0.2) is 30.7 Å². The third kappa shape index (κ3) is 4.46. The molecule has 0 unspecified atom stereocenters. The molecule has 11 heteroatoms. The Morgan fingerprint density at radius 2 is 1.90 bits per heavy atom. The summed E-state index contributed by atoms with van der Waals surface area (Å²) in [6, 6.07) is 2.18. The molecule has 1 rings (SSSR count). The van der Waals surface area contributed by atoms with Gasteiger partial charge in [-0.1, -0.05) is 0 Å². The van der Waals surface area contributed by atoms with E-state index in [0.717, 1.165) is 12.3 Å². The summed E-state index contributed by atoms with van der Waals surface area (Å²) in [4.78, 5) is 9.00. The van der Waals surface area contributed by atoms with Crippen molar-refractivity contribution >= 4 is 25.8 Å². The molecule has 0 bridgehead atoms. The monoisotopic (exact) mass is 341 g/mol. The predicted octanol–water partition coefficient (Wildman–Crippen LogP) is -1.05. The maximum absolute atomic E-state index is 13.5. The number of hydrogen-bond acceptors (Lipinski definition) is 6. The Morgan fingerprint density at radius 1 is 1.33 bits per heavy atom. The van der Waals surface area contributed by atoms with Crippen LogP contribution in [-0.2, 0) is 24.7 Å². The summed E-state index contributed by atoms with van der Waals surface area (Å²) in [5, 5.41) is 17.4. The Kier molecular flexibility index (Phi) is 5.04. The molecule has 0 aliphatic rings. The van der Waals surface area contributed by atoms with E-state index < -0.39 is 54.1 Å². The molecule has 0 aliphatic carbocycles. The lowest BCUT2D eigenvalue weighted by molar-refractivity contribution is -0.146. The fourth-order valence-corrected chi connectivity index (χ4v) is 3.14. The maximum atomic E-state index is 13.5. The van der Waals surface area contributed by atoms with Gasteiger partial charge in [0.15, 0.2) is 15.9 Å². The lowest BCUT2D eigenvalue weighted by Crippen LogP contribution is -2.36. The van der Waals surface area contributed by atoms with Gasteiger partial charge in [0.25, 0.3) is 0 Å². The fraction of sp³-hybridized carbons (Fsp3) is 0.300. The Labute approximate surface area is 120 Å². The summed E-state index contributed by atoms with van der Waals surface area (Å²) >= 11 is 0. The number of carboxylic acid groups (broad SMARTS) is 1. The Bertz CT molecular complexity index is 758. The molecule has 1 aromatic rings. The van der Waals surface area contributed by atoms with Crippen LogP contribution in [0.1, 0.15) is 0 Å². The summed E-state index contributed by atoms with van der Waals surface area (Å²) in [5.41, 5.74) is 0. The zero-order valence-corrected chi connectivity index (χ0v) is 12.3. The van der Waals surface area contributed by atoms with E-state index in [1.807, 2.05) is 0 Å². The molecule has 1 aromatic carbocycles. The second-order valence-corrected chi connectivity index (χ2v) is 7.82. The minimum Gasteiger partial charge on any atom is -0.479 e. The van der Waals surface area contributed by atoms with Crippen molar-refractivity contribution in [2.75, 3.05) is 12.8 Å². The number of carboxylic acids is 1. The van der Waals surface area contributed by atoms with E-state index in [9.17, 15) is 26.0 Å². The molecule has 3 N–H and O–H groups in total. The van der Waals surface area contributed by atoms with Crippen molar-refractivity contribution < 1.29 is 36.2 Å². The summed E-state index contributed by atoms with van der Waals surface area (Å²) in [7, 11) is -8.26. The van der Waals surface area contributed by atoms with Gasteiger partial charge in [0.2, 0.25) is 10.0 Å². The fourth-order valence-electron chi connectivity index (χ4n) is 1.27. The van der Waals surface area contributed by atoms with Crippen LogP contribution < -0.4 is 4.72 Å². The number of aliphatic hydroxyl groups excluding tert-OH is 1. The first-order valence-electron chi connectivity index (χ1n) is 5.35. The van der Waals surface area contributed by atoms with Gasteiger partial charge in [-0.15, -0.1) is 0 Å². The van der Waals surface area contributed by atoms with Gasteiger partial charge in [0, 0.05) is 12.8 Å². The van der Waals surface area contributed by atoms with Gasteiger partial charge in [0.05, 0.1) is 4.90 Å². The summed E-state index contributed by atoms with van der Waals surface area (Å²) in [6.07, 6.45) is -1.20. The highest BCUT2D eigenvalue weighted by Gasteiger charge is 2.24. The minimum absolute atomic E-state index is 0.414. The largest absolute Gasteiger partial charge is 0.479 e. The van der Waals surface area contributed by atoms with Crippen LogP contribution in [0.5, 0.6) is 0 Å². The van der Waals surface area contributed by atoms with E-state index in [1.54, 1.807) is 4.72 Å². The first-order chi connectivity index (χ1) is 9.45. The number of nitrogens with one attached hydrogen (secondary N) is 1. The number of hydrogen-bond donors (Lipinski definition) is 3. The number of aliphatic hydroxyl groups is 1. The first kappa shape index (κ1) is 17.5. The second-order valence-electron chi connectivity index (χ2n) is 4.07. The highest BCUT2D eigenvalue weighted by atomic mass is 32.2. The third-order valence-corrected chi connectivity index (χ3v) is 4.92. The smallest absolute Gasteiger partial charge is 0.333 e. The van der Waals surface area contributed by atoms with Crippen molar-refractivity contribution in [3.8, 4) is 0 Å². The molecule has 118 valence electrons. The topological polar surface area (TPSA) is 138 Å². The zero-order chi connectivity index (χ0) is 16.4. The average Bonchev–Trinajstić information content (AvgIpc) is 2.34. The average molecular weight is 341 g/mol. The van der Waals surface area contributed by atoms with Gasteiger partial charge in [0.1, 0.15) is 10.7 Å². The van der Waals surface area contributed by atoms with E-state index >= 15 is 0 Å². The van der Waals surface area contributed by atoms with E-state index in [1.165, 1.54) is 0 Å². The van der Waals surface area contributed by atoms with Crippen molar-refractivity contribution in [1.29, 1.82) is 0 Å². The van der Waals surface area contributed by atoms with Crippen molar-refractivity contribution in [3.63, 3.8) is 0 Å². The van der Waals surface area contributed by atoms with Gasteiger partial charge in [-0.3, -0.25) is 0 Å². The summed E-state index contributed by atoms with van der Waals surface area (Å²) in [5.74, 6) is -2.87. The lowest BCUT2D eigenvalue weighted by atomic mass is 10.3. The van der Waals surface area contributed by atoms with Crippen LogP contribution in [0.3, 0.4) is 0 Å². The number of benzene rings is 1. The summed E-state index contributed by atoms with van der Waals surface area (Å²) in [6.45, 7) is -0.889. The van der Waals surface area contributed by atoms with Crippen LogP contribution >= 0.6 is 0 Å². The zero-order valence-electron chi connectivity index (χ0n) is 10.6. The standard InChI is InChI=1S/C10H12FNO7S2/c1-20(16,17)6-2-3-7(11)9(4-6)21(18,19)12-5-8(13)10(14)15/h2-4,8,12-13H,5H2,1H3,(H,14,15)/t8-/m0/s1. The van der Waals surface area contributed by atoms with E-state index in [4.69, 9.17) is 10.2 Å². The lowest BCUT2D eigenvalue weighted by Gasteiger charge is -2.10. The second kappa shape index (κ2) is 6.05. The van der Waals surface area contributed by atoms with E-state index in [2.05, 4.69) is 0 Å².